The monoisotopic (exact) mass is 696 g/mol. The lowest BCUT2D eigenvalue weighted by molar-refractivity contribution is -0.130. The molecule has 5 unspecified atom stereocenters. The zero-order valence-electron chi connectivity index (χ0n) is 30.6. The van der Waals surface area contributed by atoms with Crippen molar-refractivity contribution in [3.63, 3.8) is 0 Å². The molecule has 0 saturated heterocycles. The number of carbonyl (C=O) groups excluding carboxylic acids is 9. The van der Waals surface area contributed by atoms with Crippen LogP contribution in [0.1, 0.15) is 112 Å². The van der Waals surface area contributed by atoms with Gasteiger partial charge >= 0.3 is 0 Å². The van der Waals surface area contributed by atoms with Gasteiger partial charge in [-0.1, -0.05) is 0 Å². The van der Waals surface area contributed by atoms with Gasteiger partial charge in [0.2, 0.25) is 24.1 Å². The summed E-state index contributed by atoms with van der Waals surface area (Å²) < 4.78 is 0. The van der Waals surface area contributed by atoms with Crippen molar-refractivity contribution in [2.75, 3.05) is 20.6 Å². The summed E-state index contributed by atoms with van der Waals surface area (Å²) in [5.74, 6) is -1.67. The zero-order chi connectivity index (χ0) is 37.9. The molecule has 0 aliphatic rings. The van der Waals surface area contributed by atoms with Gasteiger partial charge in [-0.3, -0.25) is 24.0 Å². The summed E-state index contributed by atoms with van der Waals surface area (Å²) in [5.41, 5.74) is 0. The van der Waals surface area contributed by atoms with Crippen molar-refractivity contribution in [2.24, 2.45) is 0 Å². The first-order valence-corrected chi connectivity index (χ1v) is 16.9. The Morgan fingerprint density at radius 1 is 0.551 bits per heavy atom. The van der Waals surface area contributed by atoms with E-state index in [2.05, 4.69) is 38.8 Å². The first-order valence-electron chi connectivity index (χ1n) is 16.9. The molecule has 15 heteroatoms. The highest BCUT2D eigenvalue weighted by molar-refractivity contribution is 5.90. The Morgan fingerprint density at radius 2 is 1.02 bits per heavy atom. The number of rotatable bonds is 27. The third-order valence-corrected chi connectivity index (χ3v) is 7.57. The average Bonchev–Trinajstić information content (AvgIpc) is 3.01. The predicted octanol–water partition coefficient (Wildman–Crippen LogP) is 0.605. The van der Waals surface area contributed by atoms with Crippen LogP contribution in [-0.4, -0.2) is 104 Å². The van der Waals surface area contributed by atoms with Crippen LogP contribution >= 0.6 is 0 Å². The molecule has 0 radical (unpaired) electrons. The number of carbonyl (C=O) groups is 9. The van der Waals surface area contributed by atoms with Gasteiger partial charge in [0.05, 0.1) is 6.04 Å². The maximum absolute atomic E-state index is 12.9. The number of amides is 4. The molecule has 0 saturated carbocycles. The molecule has 15 nitrogen and oxygen atoms in total. The lowest BCUT2D eigenvalue weighted by atomic mass is 10.0. The maximum Gasteiger partial charge on any atom is 0.242 e. The fraction of sp³-hybridized carbons (Fsp3) is 0.735. The molecule has 0 aromatic heterocycles. The van der Waals surface area contributed by atoms with Gasteiger partial charge in [-0.05, 0) is 94.2 Å². The fourth-order valence-corrected chi connectivity index (χ4v) is 4.48. The van der Waals surface area contributed by atoms with E-state index >= 15 is 0 Å². The van der Waals surface area contributed by atoms with Crippen molar-refractivity contribution >= 4 is 53.0 Å². The minimum absolute atomic E-state index is 0.0448. The molecule has 0 aromatic carbocycles. The highest BCUT2D eigenvalue weighted by Crippen LogP contribution is 2.07. The topological polar surface area (TPSA) is 226 Å². The highest BCUT2D eigenvalue weighted by atomic mass is 16.2. The second-order valence-electron chi connectivity index (χ2n) is 12.4. The molecular weight excluding hydrogens is 636 g/mol. The zero-order valence-corrected chi connectivity index (χ0v) is 30.6. The Bertz CT molecular complexity index is 1100. The van der Waals surface area contributed by atoms with Crippen LogP contribution in [0.5, 0.6) is 0 Å². The summed E-state index contributed by atoms with van der Waals surface area (Å²) >= 11 is 0. The molecule has 49 heavy (non-hydrogen) atoms. The Labute approximate surface area is 291 Å². The van der Waals surface area contributed by atoms with E-state index in [4.69, 9.17) is 0 Å². The summed E-state index contributed by atoms with van der Waals surface area (Å²) in [6.45, 7) is 9.45. The Balaban J connectivity index is 0. The van der Waals surface area contributed by atoms with Gasteiger partial charge in [-0.25, -0.2) is 0 Å². The SMILES string of the molecule is CNC(C)CCC(C)=O.CNC(CCC(C)=O)C(=O)NC(CCC(C)=O)C(=O)NCCCC(CC(C)=O)NC(=O)C(CCC(C)=O)NC=O. The molecule has 280 valence electrons. The minimum atomic E-state index is -0.964. The molecule has 0 bridgehead atoms. The highest BCUT2D eigenvalue weighted by Gasteiger charge is 2.26. The Kier molecular flexibility index (Phi) is 27.0. The third-order valence-electron chi connectivity index (χ3n) is 7.57. The first-order chi connectivity index (χ1) is 23.0. The van der Waals surface area contributed by atoms with E-state index < -0.39 is 41.9 Å². The normalized spacial score (nSPS) is 13.6. The second-order valence-corrected chi connectivity index (χ2v) is 12.4. The molecule has 4 amide bonds. The number of hydrogen-bond donors (Lipinski definition) is 6. The molecule has 0 fully saturated rings. The fourth-order valence-electron chi connectivity index (χ4n) is 4.48. The molecule has 5 atom stereocenters. The van der Waals surface area contributed by atoms with Crippen LogP contribution in [0.15, 0.2) is 0 Å². The Morgan fingerprint density at radius 3 is 1.47 bits per heavy atom. The van der Waals surface area contributed by atoms with E-state index in [0.29, 0.717) is 31.7 Å². The average molecular weight is 697 g/mol. The van der Waals surface area contributed by atoms with Gasteiger partial charge in [0.25, 0.3) is 0 Å². The van der Waals surface area contributed by atoms with Crippen LogP contribution in [0.25, 0.3) is 0 Å². The van der Waals surface area contributed by atoms with Crippen molar-refractivity contribution in [3.05, 3.63) is 0 Å². The molecular formula is C34H60N6O9. The van der Waals surface area contributed by atoms with Crippen LogP contribution in [0, 0.1) is 0 Å². The van der Waals surface area contributed by atoms with Gasteiger partial charge in [0.1, 0.15) is 41.0 Å². The van der Waals surface area contributed by atoms with Gasteiger partial charge in [0.15, 0.2) is 0 Å². The summed E-state index contributed by atoms with van der Waals surface area (Å²) in [6, 6.07) is -2.65. The van der Waals surface area contributed by atoms with E-state index in [1.54, 1.807) is 14.0 Å². The van der Waals surface area contributed by atoms with Crippen molar-refractivity contribution in [2.45, 2.75) is 142 Å². The van der Waals surface area contributed by atoms with E-state index in [-0.39, 0.29) is 80.4 Å². The Hall–Kier alpha value is -3.85. The quantitative estimate of drug-likeness (QED) is 0.0515. The van der Waals surface area contributed by atoms with E-state index in [9.17, 15) is 43.2 Å². The summed E-state index contributed by atoms with van der Waals surface area (Å²) in [5, 5.41) is 16.4. The molecule has 0 heterocycles. The van der Waals surface area contributed by atoms with Gasteiger partial charge in [-0.15, -0.1) is 0 Å². The van der Waals surface area contributed by atoms with Crippen molar-refractivity contribution in [1.29, 1.82) is 0 Å². The standard InChI is InChI=1S/C27H45N5O8.C7H15NO/c1-17(34)8-11-22(28-5)26(39)32-24(13-10-19(3)36)25(38)29-14-6-7-21(15-20(4)37)31-27(40)23(30-16-33)12-9-18(2)35;1-6(8-3)4-5-7(2)9/h16,21-24,28H,6-15H2,1-5H3,(H,29,38)(H,30,33)(H,31,40)(H,32,39);6,8H,4-5H2,1-3H3. The van der Waals surface area contributed by atoms with Crippen LogP contribution in [0.4, 0.5) is 0 Å². The molecule has 6 N–H and O–H groups in total. The smallest absolute Gasteiger partial charge is 0.242 e. The largest absolute Gasteiger partial charge is 0.354 e. The van der Waals surface area contributed by atoms with Crippen molar-refractivity contribution in [1.82, 2.24) is 31.9 Å². The molecule has 0 aliphatic carbocycles. The van der Waals surface area contributed by atoms with E-state index in [1.807, 2.05) is 7.05 Å². The first kappa shape index (κ1) is 47.3. The molecule has 0 spiro atoms. The van der Waals surface area contributed by atoms with Gasteiger partial charge in [-0.2, -0.15) is 0 Å². The molecule has 0 aliphatic heterocycles. The number of hydrogen-bond acceptors (Lipinski definition) is 11. The van der Waals surface area contributed by atoms with E-state index in [0.717, 1.165) is 6.42 Å². The van der Waals surface area contributed by atoms with Gasteiger partial charge < -0.3 is 51.1 Å². The third kappa shape index (κ3) is 26.8. The molecule has 0 aromatic rings. The van der Waals surface area contributed by atoms with Crippen LogP contribution in [-0.2, 0) is 43.2 Å². The molecule has 0 rings (SSSR count). The summed E-state index contributed by atoms with van der Waals surface area (Å²) in [7, 11) is 3.48. The summed E-state index contributed by atoms with van der Waals surface area (Å²) in [6.07, 6.45) is 3.67. The van der Waals surface area contributed by atoms with E-state index in [1.165, 1.54) is 27.7 Å². The predicted molar refractivity (Wildman–Crippen MR) is 185 cm³/mol. The number of nitrogens with one attached hydrogen (secondary N) is 6. The maximum atomic E-state index is 12.9. The summed E-state index contributed by atoms with van der Waals surface area (Å²) in [4.78, 5) is 105. The lowest BCUT2D eigenvalue weighted by Gasteiger charge is -2.23. The van der Waals surface area contributed by atoms with Crippen LogP contribution in [0.2, 0.25) is 0 Å². The minimum Gasteiger partial charge on any atom is -0.354 e. The van der Waals surface area contributed by atoms with Crippen LogP contribution in [0.3, 0.4) is 0 Å². The van der Waals surface area contributed by atoms with Gasteiger partial charge in [0, 0.05) is 50.7 Å². The number of ketones is 5. The number of likely N-dealkylation sites (N-methyl/N-ethyl adjacent to an activating group) is 1. The van der Waals surface area contributed by atoms with Crippen LogP contribution < -0.4 is 31.9 Å². The van der Waals surface area contributed by atoms with Crippen molar-refractivity contribution in [3.8, 4) is 0 Å². The second kappa shape index (κ2) is 28.0. The lowest BCUT2D eigenvalue weighted by Crippen LogP contribution is -2.52. The number of Topliss-reactive ketones (excluding diaryl/α,β-unsaturated/α-hetero) is 5. The van der Waals surface area contributed by atoms with Crippen molar-refractivity contribution < 1.29 is 43.2 Å².